The van der Waals surface area contributed by atoms with Crippen molar-refractivity contribution in [1.82, 2.24) is 4.90 Å². The summed E-state index contributed by atoms with van der Waals surface area (Å²) in [6.45, 7) is 0. The summed E-state index contributed by atoms with van der Waals surface area (Å²) in [5, 5.41) is 10.3. The molecule has 20 heavy (non-hydrogen) atoms. The molecule has 2 aliphatic rings. The van der Waals surface area contributed by atoms with Crippen LogP contribution in [0.1, 0.15) is 18.4 Å². The molecule has 1 heterocycles. The quantitative estimate of drug-likeness (QED) is 0.892. The molecule has 0 aromatic heterocycles. The first kappa shape index (κ1) is 12.9. The van der Waals surface area contributed by atoms with Gasteiger partial charge in [0.05, 0.1) is 18.9 Å². The van der Waals surface area contributed by atoms with Crippen LogP contribution in [-0.2, 0) is 4.74 Å². The minimum Gasteiger partial charge on any atom is -0.508 e. The van der Waals surface area contributed by atoms with Crippen molar-refractivity contribution in [1.29, 1.82) is 0 Å². The fourth-order valence-electron chi connectivity index (χ4n) is 2.93. The van der Waals surface area contributed by atoms with Gasteiger partial charge >= 0.3 is 0 Å². The van der Waals surface area contributed by atoms with E-state index >= 15 is 0 Å². The molecule has 1 aliphatic carbocycles. The normalized spacial score (nSPS) is 22.1. The van der Waals surface area contributed by atoms with Crippen LogP contribution in [0.15, 0.2) is 59.6 Å². The Hall–Kier alpha value is -2.16. The molecule has 0 spiro atoms. The molecule has 0 fully saturated rings. The van der Waals surface area contributed by atoms with Crippen molar-refractivity contribution in [2.75, 3.05) is 14.2 Å². The zero-order valence-corrected chi connectivity index (χ0v) is 11.8. The van der Waals surface area contributed by atoms with Gasteiger partial charge in [-0.15, -0.1) is 0 Å². The van der Waals surface area contributed by atoms with Gasteiger partial charge in [0.1, 0.15) is 5.76 Å². The summed E-state index contributed by atoms with van der Waals surface area (Å²) < 4.78 is 5.38. The van der Waals surface area contributed by atoms with Gasteiger partial charge in [-0.3, -0.25) is 0 Å². The highest BCUT2D eigenvalue weighted by Crippen LogP contribution is 2.36. The summed E-state index contributed by atoms with van der Waals surface area (Å²) in [6, 6.07) is 10.2. The van der Waals surface area contributed by atoms with E-state index in [1.165, 1.54) is 0 Å². The summed E-state index contributed by atoms with van der Waals surface area (Å²) >= 11 is 0. The van der Waals surface area contributed by atoms with Crippen LogP contribution in [-0.4, -0.2) is 30.2 Å². The Kier molecular flexibility index (Phi) is 3.26. The number of ether oxygens (including phenoxy) is 1. The summed E-state index contributed by atoms with van der Waals surface area (Å²) in [5.74, 6) is 1.39. The van der Waals surface area contributed by atoms with E-state index in [1.54, 1.807) is 7.11 Å². The highest BCUT2D eigenvalue weighted by molar-refractivity contribution is 5.69. The second-order valence-corrected chi connectivity index (χ2v) is 5.20. The van der Waals surface area contributed by atoms with Crippen LogP contribution in [0.3, 0.4) is 0 Å². The number of allylic oxidation sites excluding steroid dienone is 2. The molecule has 1 atom stereocenters. The molecule has 0 radical (unpaired) electrons. The monoisotopic (exact) mass is 269 g/mol. The zero-order chi connectivity index (χ0) is 14.1. The summed E-state index contributed by atoms with van der Waals surface area (Å²) in [5.41, 5.74) is 3.22. The lowest BCUT2D eigenvalue weighted by molar-refractivity contribution is 0.257. The Balaban J connectivity index is 2.04. The lowest BCUT2D eigenvalue weighted by Gasteiger charge is -2.38. The average Bonchev–Trinajstić information content (AvgIpc) is 2.51. The van der Waals surface area contributed by atoms with Crippen LogP contribution in [0.4, 0.5) is 0 Å². The number of hydrogen-bond donors (Lipinski definition) is 1. The Labute approximate surface area is 119 Å². The third-order valence-corrected chi connectivity index (χ3v) is 4.07. The number of aliphatic hydroxyl groups excluding tert-OH is 1. The van der Waals surface area contributed by atoms with Gasteiger partial charge in [-0.05, 0) is 23.6 Å². The van der Waals surface area contributed by atoms with E-state index in [2.05, 4.69) is 30.2 Å². The summed E-state index contributed by atoms with van der Waals surface area (Å²) in [7, 11) is 3.77. The van der Waals surface area contributed by atoms with Crippen LogP contribution in [0.5, 0.6) is 0 Å². The molecule has 1 aromatic carbocycles. The van der Waals surface area contributed by atoms with Crippen molar-refractivity contribution < 1.29 is 9.84 Å². The Morgan fingerprint density at radius 3 is 2.65 bits per heavy atom. The standard InChI is InChI=1S/C17H19NO2/c1-18-15(12-6-4-3-5-7-12)11-17(19)14-9-8-13(20-2)10-16(14)18/h3-7,10-11,16,19H,8-9H2,1-2H3. The van der Waals surface area contributed by atoms with Crippen molar-refractivity contribution in [2.24, 2.45) is 0 Å². The molecule has 3 rings (SSSR count). The molecule has 1 N–H and O–H groups in total. The van der Waals surface area contributed by atoms with Crippen LogP contribution in [0.25, 0.3) is 5.70 Å². The highest BCUT2D eigenvalue weighted by atomic mass is 16.5. The lowest BCUT2D eigenvalue weighted by atomic mass is 9.88. The maximum atomic E-state index is 10.3. The van der Waals surface area contributed by atoms with E-state index in [4.69, 9.17) is 4.74 Å². The van der Waals surface area contributed by atoms with Crippen molar-refractivity contribution in [3.05, 3.63) is 65.1 Å². The highest BCUT2D eigenvalue weighted by Gasteiger charge is 2.30. The second-order valence-electron chi connectivity index (χ2n) is 5.20. The molecule has 104 valence electrons. The maximum absolute atomic E-state index is 10.3. The number of fused-ring (bicyclic) bond motifs is 1. The number of aliphatic hydroxyl groups is 1. The number of rotatable bonds is 2. The van der Waals surface area contributed by atoms with Gasteiger partial charge in [-0.2, -0.15) is 0 Å². The van der Waals surface area contributed by atoms with Crippen LogP contribution in [0.2, 0.25) is 0 Å². The molecule has 3 nitrogen and oxygen atoms in total. The minimum absolute atomic E-state index is 0.0823. The first-order valence-electron chi connectivity index (χ1n) is 6.87. The predicted molar refractivity (Wildman–Crippen MR) is 80.0 cm³/mol. The molecule has 1 unspecified atom stereocenters. The van der Waals surface area contributed by atoms with Crippen molar-refractivity contribution in [3.8, 4) is 0 Å². The second kappa shape index (κ2) is 5.08. The maximum Gasteiger partial charge on any atom is 0.119 e. The fourth-order valence-corrected chi connectivity index (χ4v) is 2.93. The van der Waals surface area contributed by atoms with Gasteiger partial charge in [0, 0.05) is 25.2 Å². The van der Waals surface area contributed by atoms with E-state index in [9.17, 15) is 5.11 Å². The van der Waals surface area contributed by atoms with Crippen LogP contribution in [0, 0.1) is 0 Å². The van der Waals surface area contributed by atoms with Crippen molar-refractivity contribution >= 4 is 5.70 Å². The Morgan fingerprint density at radius 2 is 1.95 bits per heavy atom. The molecule has 0 bridgehead atoms. The number of methoxy groups -OCH3 is 1. The molecule has 0 amide bonds. The largest absolute Gasteiger partial charge is 0.508 e. The summed E-state index contributed by atoms with van der Waals surface area (Å²) in [6.07, 6.45) is 5.67. The van der Waals surface area contributed by atoms with Crippen LogP contribution >= 0.6 is 0 Å². The zero-order valence-electron chi connectivity index (χ0n) is 11.8. The molecule has 1 aliphatic heterocycles. The predicted octanol–water partition coefficient (Wildman–Crippen LogP) is 3.48. The fraction of sp³-hybridized carbons (Fsp3) is 0.294. The third kappa shape index (κ3) is 2.09. The van der Waals surface area contributed by atoms with Gasteiger partial charge in [-0.25, -0.2) is 0 Å². The van der Waals surface area contributed by atoms with Crippen molar-refractivity contribution in [3.63, 3.8) is 0 Å². The molecule has 1 aromatic rings. The topological polar surface area (TPSA) is 32.7 Å². The number of benzene rings is 1. The van der Waals surface area contributed by atoms with E-state index in [0.29, 0.717) is 5.76 Å². The van der Waals surface area contributed by atoms with Gasteiger partial charge in [0.25, 0.3) is 0 Å². The third-order valence-electron chi connectivity index (χ3n) is 4.07. The summed E-state index contributed by atoms with van der Waals surface area (Å²) in [4.78, 5) is 2.20. The number of hydrogen-bond acceptors (Lipinski definition) is 3. The first-order chi connectivity index (χ1) is 9.70. The van der Waals surface area contributed by atoms with E-state index < -0.39 is 0 Å². The van der Waals surface area contributed by atoms with Gasteiger partial charge < -0.3 is 14.7 Å². The first-order valence-corrected chi connectivity index (χ1v) is 6.87. The van der Waals surface area contributed by atoms with Gasteiger partial charge in [0.15, 0.2) is 0 Å². The Morgan fingerprint density at radius 1 is 1.20 bits per heavy atom. The SMILES string of the molecule is COC1=CC2C(=C(O)C=C(c3ccccc3)N2C)CC1. The van der Waals surface area contributed by atoms with Crippen LogP contribution < -0.4 is 0 Å². The van der Waals surface area contributed by atoms with E-state index in [0.717, 1.165) is 35.4 Å². The molecular weight excluding hydrogens is 250 g/mol. The Bertz CT molecular complexity index is 599. The van der Waals surface area contributed by atoms with Gasteiger partial charge in [0.2, 0.25) is 0 Å². The van der Waals surface area contributed by atoms with Gasteiger partial charge in [-0.1, -0.05) is 30.3 Å². The van der Waals surface area contributed by atoms with E-state index in [1.807, 2.05) is 24.3 Å². The smallest absolute Gasteiger partial charge is 0.119 e. The average molecular weight is 269 g/mol. The number of likely N-dealkylation sites (N-methyl/N-ethyl adjacent to an activating group) is 1. The lowest BCUT2D eigenvalue weighted by Crippen LogP contribution is -2.36. The molecular formula is C17H19NO2. The molecule has 0 saturated carbocycles. The van der Waals surface area contributed by atoms with Crippen molar-refractivity contribution in [2.45, 2.75) is 18.9 Å². The molecule has 3 heteroatoms. The number of nitrogens with zero attached hydrogens (tertiary/aromatic N) is 1. The molecule has 0 saturated heterocycles. The minimum atomic E-state index is 0.0823. The van der Waals surface area contributed by atoms with E-state index in [-0.39, 0.29) is 6.04 Å².